The summed E-state index contributed by atoms with van der Waals surface area (Å²) >= 11 is 13.4. The fourth-order valence-electron chi connectivity index (χ4n) is 2.62. The highest BCUT2D eigenvalue weighted by atomic mass is 35.5. The summed E-state index contributed by atoms with van der Waals surface area (Å²) in [5.74, 6) is 2.87. The van der Waals surface area contributed by atoms with Crippen LogP contribution in [0.25, 0.3) is 11.0 Å². The number of nitrogens with zero attached hydrogens (tertiary/aromatic N) is 2. The molecule has 3 rings (SSSR count). The zero-order chi connectivity index (χ0) is 17.4. The van der Waals surface area contributed by atoms with Crippen LogP contribution in [-0.4, -0.2) is 55.5 Å². The molecule has 0 aliphatic carbocycles. The lowest BCUT2D eigenvalue weighted by Crippen LogP contribution is -2.33. The molecule has 3 N–H and O–H groups in total. The summed E-state index contributed by atoms with van der Waals surface area (Å²) in [4.78, 5) is 4.46. The number of thioether (sulfide) groups is 1. The van der Waals surface area contributed by atoms with E-state index in [0.717, 1.165) is 0 Å². The molecule has 4 atom stereocenters. The van der Waals surface area contributed by atoms with Crippen molar-refractivity contribution in [1.82, 2.24) is 9.55 Å². The van der Waals surface area contributed by atoms with Crippen molar-refractivity contribution in [1.29, 1.82) is 0 Å². The third-order valence-electron chi connectivity index (χ3n) is 3.76. The number of fused-ring (bicyclic) bond motifs is 1. The van der Waals surface area contributed by atoms with Crippen LogP contribution >= 0.6 is 35.0 Å². The Hall–Kier alpha value is -0.980. The van der Waals surface area contributed by atoms with Gasteiger partial charge in [-0.05, 0) is 12.1 Å². The summed E-state index contributed by atoms with van der Waals surface area (Å²) in [7, 11) is 0. The number of rotatable bonds is 4. The van der Waals surface area contributed by atoms with Crippen LogP contribution in [0.1, 0.15) is 6.23 Å². The van der Waals surface area contributed by atoms with Gasteiger partial charge in [-0.25, -0.2) is 4.98 Å². The number of aliphatic hydroxyl groups is 3. The van der Waals surface area contributed by atoms with E-state index < -0.39 is 31.1 Å². The second-order valence-corrected chi connectivity index (χ2v) is 7.00. The average Bonchev–Trinajstić information content (AvgIpc) is 3.04. The number of halogens is 2. The van der Waals surface area contributed by atoms with Crippen LogP contribution in [0.2, 0.25) is 10.0 Å². The summed E-state index contributed by atoms with van der Waals surface area (Å²) in [5.41, 5.74) is 1.14. The third kappa shape index (κ3) is 3.00. The molecule has 2 heterocycles. The fraction of sp³-hybridized carbons (Fsp3) is 0.400. The van der Waals surface area contributed by atoms with Crippen LogP contribution in [0.15, 0.2) is 17.3 Å². The number of terminal acetylenes is 1. The Labute approximate surface area is 152 Å². The standard InChI is InChI=1S/C15H14Cl2N2O4S/c1-2-3-24-15-18-9-4-7(16)8(17)5-10(9)19(15)14-13(22)12(21)11(6-20)23-14/h1,4-5,11-14,20-22H,3,6H2. The molecule has 0 bridgehead atoms. The molecule has 1 aliphatic heterocycles. The van der Waals surface area contributed by atoms with E-state index in [1.807, 2.05) is 0 Å². The van der Waals surface area contributed by atoms with Gasteiger partial charge in [-0.3, -0.25) is 4.57 Å². The van der Waals surface area contributed by atoms with Crippen molar-refractivity contribution in [3.8, 4) is 12.3 Å². The molecule has 4 unspecified atom stereocenters. The molecule has 1 aromatic carbocycles. The van der Waals surface area contributed by atoms with E-state index in [4.69, 9.17) is 34.4 Å². The van der Waals surface area contributed by atoms with E-state index in [1.165, 1.54) is 11.8 Å². The maximum Gasteiger partial charge on any atom is 0.172 e. The minimum Gasteiger partial charge on any atom is -0.394 e. The summed E-state index contributed by atoms with van der Waals surface area (Å²) in [6, 6.07) is 3.22. The molecular formula is C15H14Cl2N2O4S. The van der Waals surface area contributed by atoms with Crippen molar-refractivity contribution >= 4 is 46.0 Å². The number of benzene rings is 1. The largest absolute Gasteiger partial charge is 0.394 e. The van der Waals surface area contributed by atoms with Crippen molar-refractivity contribution < 1.29 is 20.1 Å². The lowest BCUT2D eigenvalue weighted by molar-refractivity contribution is -0.0545. The Morgan fingerprint density at radius 2 is 2.00 bits per heavy atom. The second-order valence-electron chi connectivity index (χ2n) is 5.24. The highest BCUT2D eigenvalue weighted by molar-refractivity contribution is 7.99. The number of hydrogen-bond donors (Lipinski definition) is 3. The lowest BCUT2D eigenvalue weighted by atomic mass is 10.1. The molecule has 0 radical (unpaired) electrons. The molecule has 0 spiro atoms. The SMILES string of the molecule is C#CCSc1nc2cc(Cl)c(Cl)cc2n1C1OC(CO)C(O)C1O. The first-order valence-corrected chi connectivity index (χ1v) is 8.77. The predicted octanol–water partition coefficient (Wildman–Crippen LogP) is 1.68. The van der Waals surface area contributed by atoms with E-state index >= 15 is 0 Å². The first-order valence-electron chi connectivity index (χ1n) is 7.03. The molecule has 0 amide bonds. The molecule has 1 saturated heterocycles. The van der Waals surface area contributed by atoms with Crippen LogP contribution in [0.3, 0.4) is 0 Å². The topological polar surface area (TPSA) is 87.7 Å². The van der Waals surface area contributed by atoms with E-state index in [1.54, 1.807) is 16.7 Å². The van der Waals surface area contributed by atoms with E-state index in [9.17, 15) is 15.3 Å². The molecule has 24 heavy (non-hydrogen) atoms. The highest BCUT2D eigenvalue weighted by Gasteiger charge is 2.44. The second kappa shape index (κ2) is 7.10. The van der Waals surface area contributed by atoms with Gasteiger partial charge in [-0.2, -0.15) is 0 Å². The van der Waals surface area contributed by atoms with Crippen molar-refractivity contribution in [2.45, 2.75) is 29.7 Å². The number of imidazole rings is 1. The van der Waals surface area contributed by atoms with Gasteiger partial charge in [0.05, 0.1) is 33.4 Å². The fourth-order valence-corrected chi connectivity index (χ4v) is 3.65. The van der Waals surface area contributed by atoms with Gasteiger partial charge in [-0.1, -0.05) is 40.9 Å². The highest BCUT2D eigenvalue weighted by Crippen LogP contribution is 2.38. The van der Waals surface area contributed by atoms with Crippen LogP contribution < -0.4 is 0 Å². The first kappa shape index (κ1) is 17.8. The van der Waals surface area contributed by atoms with E-state index in [2.05, 4.69) is 10.9 Å². The van der Waals surface area contributed by atoms with Gasteiger partial charge in [0.1, 0.15) is 18.3 Å². The molecule has 9 heteroatoms. The number of hydrogen-bond acceptors (Lipinski definition) is 6. The third-order valence-corrected chi connectivity index (χ3v) is 5.33. The molecule has 128 valence electrons. The molecule has 2 aromatic rings. The average molecular weight is 389 g/mol. The summed E-state index contributed by atoms with van der Waals surface area (Å²) in [5, 5.41) is 30.8. The maximum atomic E-state index is 10.3. The monoisotopic (exact) mass is 388 g/mol. The van der Waals surface area contributed by atoms with E-state index in [-0.39, 0.29) is 0 Å². The van der Waals surface area contributed by atoms with Crippen molar-refractivity contribution in [2.75, 3.05) is 12.4 Å². The van der Waals surface area contributed by atoms with Crippen LogP contribution in [0.5, 0.6) is 0 Å². The van der Waals surface area contributed by atoms with E-state index in [0.29, 0.717) is 32.0 Å². The zero-order valence-corrected chi connectivity index (χ0v) is 14.6. The molecule has 1 aliphatic rings. The van der Waals surface area contributed by atoms with Gasteiger partial charge in [0.25, 0.3) is 0 Å². The van der Waals surface area contributed by atoms with Crippen molar-refractivity contribution in [3.63, 3.8) is 0 Å². The number of aliphatic hydroxyl groups excluding tert-OH is 3. The quantitative estimate of drug-likeness (QED) is 0.545. The summed E-state index contributed by atoms with van der Waals surface area (Å²) in [6.07, 6.45) is 1.03. The molecule has 1 fully saturated rings. The predicted molar refractivity (Wildman–Crippen MR) is 92.3 cm³/mol. The van der Waals surface area contributed by atoms with Gasteiger partial charge in [0.15, 0.2) is 11.4 Å². The van der Waals surface area contributed by atoms with Crippen LogP contribution in [-0.2, 0) is 4.74 Å². The van der Waals surface area contributed by atoms with Gasteiger partial charge in [0.2, 0.25) is 0 Å². The minimum absolute atomic E-state index is 0.325. The van der Waals surface area contributed by atoms with Crippen LogP contribution in [0.4, 0.5) is 0 Å². The first-order chi connectivity index (χ1) is 11.5. The summed E-state index contributed by atoms with van der Waals surface area (Å²) < 4.78 is 7.22. The molecular weight excluding hydrogens is 375 g/mol. The van der Waals surface area contributed by atoms with Gasteiger partial charge < -0.3 is 20.1 Å². The number of aromatic nitrogens is 2. The Kier molecular flexibility index (Phi) is 5.27. The number of ether oxygens (including phenoxy) is 1. The van der Waals surface area contributed by atoms with Crippen LogP contribution in [0, 0.1) is 12.3 Å². The smallest absolute Gasteiger partial charge is 0.172 e. The lowest BCUT2D eigenvalue weighted by Gasteiger charge is -2.19. The van der Waals surface area contributed by atoms with Crippen molar-refractivity contribution in [2.24, 2.45) is 0 Å². The Bertz CT molecular complexity index is 807. The van der Waals surface area contributed by atoms with Gasteiger partial charge >= 0.3 is 0 Å². The molecule has 1 aromatic heterocycles. The molecule has 0 saturated carbocycles. The van der Waals surface area contributed by atoms with Crippen molar-refractivity contribution in [3.05, 3.63) is 22.2 Å². The van der Waals surface area contributed by atoms with Gasteiger partial charge in [-0.15, -0.1) is 6.42 Å². The summed E-state index contributed by atoms with van der Waals surface area (Å²) in [6.45, 7) is -0.416. The minimum atomic E-state index is -1.24. The Balaban J connectivity index is 2.14. The Morgan fingerprint density at radius 3 is 2.62 bits per heavy atom. The van der Waals surface area contributed by atoms with Gasteiger partial charge in [0, 0.05) is 0 Å². The zero-order valence-electron chi connectivity index (χ0n) is 12.3. The normalized spacial score (nSPS) is 26.8. The Morgan fingerprint density at radius 1 is 1.29 bits per heavy atom. The maximum absolute atomic E-state index is 10.3. The molecule has 6 nitrogen and oxygen atoms in total.